The van der Waals surface area contributed by atoms with Gasteiger partial charge in [0, 0.05) is 0 Å². The molecule has 204 valence electrons. The van der Waals surface area contributed by atoms with Crippen LogP contribution in [0.1, 0.15) is 103 Å². The first-order valence-corrected chi connectivity index (χ1v) is 13.3. The molecule has 8 heteroatoms. The summed E-state index contributed by atoms with van der Waals surface area (Å²) in [4.78, 5) is 0. The molecule has 7 N–H and O–H groups in total. The lowest BCUT2D eigenvalue weighted by atomic mass is 9.89. The Labute approximate surface area is 206 Å². The van der Waals surface area contributed by atoms with E-state index in [2.05, 4.69) is 19.1 Å². The number of allylic oxidation sites excluding steroid dienone is 2. The van der Waals surface area contributed by atoms with Crippen molar-refractivity contribution in [1.82, 2.24) is 0 Å². The fourth-order valence-corrected chi connectivity index (χ4v) is 3.95. The van der Waals surface area contributed by atoms with Crippen molar-refractivity contribution < 1.29 is 40.5 Å². The van der Waals surface area contributed by atoms with Crippen molar-refractivity contribution in [3.05, 3.63) is 12.2 Å². The predicted octanol–water partition coefficient (Wildman–Crippen LogP) is 2.55. The molecule has 0 spiro atoms. The summed E-state index contributed by atoms with van der Waals surface area (Å²) in [5.41, 5.74) is -1.66. The zero-order chi connectivity index (χ0) is 25.7. The maximum Gasteiger partial charge on any atom is 0.186 e. The lowest BCUT2D eigenvalue weighted by Gasteiger charge is -2.28. The molecule has 0 aromatic heterocycles. The molecule has 0 radical (unpaired) electrons. The first kappa shape index (κ1) is 33.4. The molecule has 8 nitrogen and oxygen atoms in total. The number of ether oxygens (including phenoxy) is 1. The Morgan fingerprint density at radius 2 is 1.24 bits per heavy atom. The minimum absolute atomic E-state index is 0.285. The van der Waals surface area contributed by atoms with Crippen LogP contribution in [-0.4, -0.2) is 85.8 Å². The molecule has 0 amide bonds. The molecule has 1 unspecified atom stereocenters. The van der Waals surface area contributed by atoms with E-state index in [0.717, 1.165) is 25.7 Å². The van der Waals surface area contributed by atoms with Crippen molar-refractivity contribution in [3.63, 3.8) is 0 Å². The van der Waals surface area contributed by atoms with E-state index in [1.165, 1.54) is 64.2 Å². The Bertz CT molecular complexity index is 472. The van der Waals surface area contributed by atoms with Crippen LogP contribution in [0.2, 0.25) is 0 Å². The standard InChI is InChI=1S/C23H44O5.C3H8O3/c1-2-3-4-5-6-7-8-9-10-11-12-13-14-15-16-17-18-23(27)21(25)20(19-24)28-22(23)26;4-1-3(6)2-5/h9-10,20-22,24-27H,2-8,11-19H2,1H3;3-6H,1-2H2/b10-9-;/t20-,21+,22?,23-;/m1./s1. The van der Waals surface area contributed by atoms with Gasteiger partial charge in [0.05, 0.1) is 19.8 Å². The summed E-state index contributed by atoms with van der Waals surface area (Å²) in [7, 11) is 0. The summed E-state index contributed by atoms with van der Waals surface area (Å²) in [6, 6.07) is 0. The summed E-state index contributed by atoms with van der Waals surface area (Å²) in [5, 5.41) is 63.3. The summed E-state index contributed by atoms with van der Waals surface area (Å²) in [5.74, 6) is 0. The molecular weight excluding hydrogens is 440 g/mol. The van der Waals surface area contributed by atoms with Crippen LogP contribution in [-0.2, 0) is 4.74 Å². The SMILES string of the molecule is CCCCCCCC/C=C\CCCCCCCC[C@]1(O)C(O)O[C@H](CO)[C@@H]1O.OCC(O)CO. The third kappa shape index (κ3) is 14.7. The first-order chi connectivity index (χ1) is 16.4. The van der Waals surface area contributed by atoms with Crippen molar-refractivity contribution in [3.8, 4) is 0 Å². The maximum atomic E-state index is 10.4. The minimum Gasteiger partial charge on any atom is -0.394 e. The van der Waals surface area contributed by atoms with Crippen molar-refractivity contribution >= 4 is 0 Å². The van der Waals surface area contributed by atoms with Crippen LogP contribution in [0.3, 0.4) is 0 Å². The molecule has 1 rings (SSSR count). The highest BCUT2D eigenvalue weighted by Crippen LogP contribution is 2.34. The van der Waals surface area contributed by atoms with Gasteiger partial charge in [0.2, 0.25) is 0 Å². The van der Waals surface area contributed by atoms with Crippen molar-refractivity contribution in [2.75, 3.05) is 19.8 Å². The number of rotatable bonds is 19. The zero-order valence-electron chi connectivity index (χ0n) is 21.2. The van der Waals surface area contributed by atoms with Crippen molar-refractivity contribution in [1.29, 1.82) is 0 Å². The van der Waals surface area contributed by atoms with Crippen LogP contribution in [0.25, 0.3) is 0 Å². The van der Waals surface area contributed by atoms with Crippen LogP contribution in [0.4, 0.5) is 0 Å². The van der Waals surface area contributed by atoms with E-state index < -0.39 is 36.8 Å². The summed E-state index contributed by atoms with van der Waals surface area (Å²) in [6.45, 7) is 1.12. The fourth-order valence-electron chi connectivity index (χ4n) is 3.95. The van der Waals surface area contributed by atoms with Crippen molar-refractivity contribution in [2.24, 2.45) is 0 Å². The van der Waals surface area contributed by atoms with Crippen LogP contribution >= 0.6 is 0 Å². The summed E-state index contributed by atoms with van der Waals surface area (Å²) >= 11 is 0. The van der Waals surface area contributed by atoms with Gasteiger partial charge in [-0.3, -0.25) is 0 Å². The average Bonchev–Trinajstić information content (AvgIpc) is 3.07. The maximum absolute atomic E-state index is 10.4. The molecule has 1 aliphatic heterocycles. The Hall–Kier alpha value is -0.580. The topological polar surface area (TPSA) is 151 Å². The third-order valence-electron chi connectivity index (χ3n) is 6.29. The molecule has 1 aliphatic rings. The number of hydrogen-bond acceptors (Lipinski definition) is 8. The van der Waals surface area contributed by atoms with Gasteiger partial charge < -0.3 is 40.5 Å². The van der Waals surface area contributed by atoms with E-state index in [0.29, 0.717) is 0 Å². The van der Waals surface area contributed by atoms with Crippen LogP contribution in [0.15, 0.2) is 12.2 Å². The largest absolute Gasteiger partial charge is 0.394 e. The molecule has 0 aromatic rings. The van der Waals surface area contributed by atoms with E-state index in [-0.39, 0.29) is 19.6 Å². The Kier molecular flexibility index (Phi) is 21.3. The Morgan fingerprint density at radius 3 is 1.65 bits per heavy atom. The minimum atomic E-state index is -1.66. The molecule has 0 aliphatic carbocycles. The molecule has 0 saturated carbocycles. The van der Waals surface area contributed by atoms with E-state index in [4.69, 9.17) is 25.2 Å². The molecule has 0 bridgehead atoms. The second kappa shape index (κ2) is 21.7. The number of hydrogen-bond donors (Lipinski definition) is 7. The highest BCUT2D eigenvalue weighted by atomic mass is 16.7. The molecule has 34 heavy (non-hydrogen) atoms. The molecule has 0 aromatic carbocycles. The van der Waals surface area contributed by atoms with Gasteiger partial charge in [-0.25, -0.2) is 0 Å². The molecule has 1 heterocycles. The fraction of sp³-hybridized carbons (Fsp3) is 0.923. The van der Waals surface area contributed by atoms with E-state index in [9.17, 15) is 15.3 Å². The summed E-state index contributed by atoms with van der Waals surface area (Å²) < 4.78 is 5.02. The second-order valence-electron chi connectivity index (χ2n) is 9.35. The lowest BCUT2D eigenvalue weighted by Crippen LogP contribution is -2.48. The quantitative estimate of drug-likeness (QED) is 0.107. The predicted molar refractivity (Wildman–Crippen MR) is 133 cm³/mol. The second-order valence-corrected chi connectivity index (χ2v) is 9.35. The Balaban J connectivity index is 0.00000160. The Morgan fingerprint density at radius 1 is 0.765 bits per heavy atom. The van der Waals surface area contributed by atoms with E-state index in [1.807, 2.05) is 0 Å². The van der Waals surface area contributed by atoms with Gasteiger partial charge in [-0.2, -0.15) is 0 Å². The van der Waals surface area contributed by atoms with Gasteiger partial charge in [-0.15, -0.1) is 0 Å². The normalized spacial score (nSPS) is 24.7. The smallest absolute Gasteiger partial charge is 0.186 e. The molecule has 1 saturated heterocycles. The summed E-state index contributed by atoms with van der Waals surface area (Å²) in [6.07, 6.45) is 17.3. The van der Waals surface area contributed by atoms with E-state index in [1.54, 1.807) is 0 Å². The van der Waals surface area contributed by atoms with Crippen LogP contribution in [0.5, 0.6) is 0 Å². The van der Waals surface area contributed by atoms with Crippen molar-refractivity contribution in [2.45, 2.75) is 133 Å². The molecule has 4 atom stereocenters. The monoisotopic (exact) mass is 492 g/mol. The lowest BCUT2D eigenvalue weighted by molar-refractivity contribution is -0.180. The number of aliphatic hydroxyl groups excluding tert-OH is 6. The zero-order valence-corrected chi connectivity index (χ0v) is 21.2. The molecule has 1 fully saturated rings. The van der Waals surface area contributed by atoms with Gasteiger partial charge >= 0.3 is 0 Å². The van der Waals surface area contributed by atoms with Gasteiger partial charge in [0.25, 0.3) is 0 Å². The number of unbranched alkanes of at least 4 members (excludes halogenated alkanes) is 12. The van der Waals surface area contributed by atoms with Gasteiger partial charge in [-0.05, 0) is 32.1 Å². The van der Waals surface area contributed by atoms with Gasteiger partial charge in [-0.1, -0.05) is 83.3 Å². The highest BCUT2D eigenvalue weighted by molar-refractivity contribution is 4.99. The van der Waals surface area contributed by atoms with E-state index >= 15 is 0 Å². The van der Waals surface area contributed by atoms with Crippen LogP contribution in [0, 0.1) is 0 Å². The van der Waals surface area contributed by atoms with Crippen LogP contribution < -0.4 is 0 Å². The number of aliphatic hydroxyl groups is 7. The third-order valence-corrected chi connectivity index (χ3v) is 6.29. The molecular formula is C26H52O8. The average molecular weight is 493 g/mol. The highest BCUT2D eigenvalue weighted by Gasteiger charge is 2.53. The van der Waals surface area contributed by atoms with Gasteiger partial charge in [0.1, 0.15) is 23.9 Å². The van der Waals surface area contributed by atoms with Gasteiger partial charge in [0.15, 0.2) is 6.29 Å². The first-order valence-electron chi connectivity index (χ1n) is 13.3.